The number of carbonyl (C=O) groups is 1. The number of methoxy groups -OCH3 is 1. The second-order valence-electron chi connectivity index (χ2n) is 12.0. The molecule has 0 radical (unpaired) electrons. The Labute approximate surface area is 300 Å². The number of hydrogen-bond acceptors (Lipinski definition) is 16. The molecule has 5 heterocycles. The van der Waals surface area contributed by atoms with E-state index in [2.05, 4.69) is 25.3 Å². The van der Waals surface area contributed by atoms with Crippen molar-refractivity contribution in [2.24, 2.45) is 0 Å². The molecule has 0 aliphatic carbocycles. The Hall–Kier alpha value is -3.98. The van der Waals surface area contributed by atoms with Crippen molar-refractivity contribution in [3.05, 3.63) is 81.7 Å². The van der Waals surface area contributed by atoms with Crippen LogP contribution in [0, 0.1) is 0 Å². The van der Waals surface area contributed by atoms with Gasteiger partial charge in [-0.25, -0.2) is 24.3 Å². The number of aliphatic hydroxyl groups is 2. The molecule has 1 aromatic carbocycles. The molecule has 2 aliphatic rings. The minimum Gasteiger partial charge on any atom is -0.394 e. The third-order valence-electron chi connectivity index (χ3n) is 8.55. The lowest BCUT2D eigenvalue weighted by Crippen LogP contribution is -2.39. The van der Waals surface area contributed by atoms with Crippen molar-refractivity contribution in [2.45, 2.75) is 62.2 Å². The molecule has 0 bridgehead atoms. The number of aromatic amines is 1. The van der Waals surface area contributed by atoms with Gasteiger partial charge in [0, 0.05) is 43.7 Å². The van der Waals surface area contributed by atoms with Crippen LogP contribution in [-0.2, 0) is 27.8 Å². The maximum Gasteiger partial charge on any atom is 0.389 e. The van der Waals surface area contributed by atoms with Gasteiger partial charge < -0.3 is 35.5 Å². The maximum absolute atomic E-state index is 14.5. The van der Waals surface area contributed by atoms with Gasteiger partial charge in [0.05, 0.1) is 25.6 Å². The molecule has 1 amide bonds. The van der Waals surface area contributed by atoms with Crippen molar-refractivity contribution in [3.63, 3.8) is 0 Å². The van der Waals surface area contributed by atoms with E-state index in [0.717, 1.165) is 22.0 Å². The number of nitrogen functional groups attached to an aromatic ring is 1. The number of ether oxygens (including phenoxy) is 3. The van der Waals surface area contributed by atoms with Gasteiger partial charge in [0.1, 0.15) is 42.5 Å². The molecular formula is C31H39N8O11PS. The van der Waals surface area contributed by atoms with Crippen LogP contribution in [0.1, 0.15) is 42.1 Å². The van der Waals surface area contributed by atoms with E-state index in [9.17, 15) is 29.2 Å². The van der Waals surface area contributed by atoms with Crippen molar-refractivity contribution < 1.29 is 42.8 Å². The Morgan fingerprint density at radius 3 is 2.67 bits per heavy atom. The van der Waals surface area contributed by atoms with E-state index in [4.69, 9.17) is 29.0 Å². The Kier molecular flexibility index (Phi) is 12.2. The lowest BCUT2D eigenvalue weighted by Gasteiger charge is -2.28. The van der Waals surface area contributed by atoms with Crippen molar-refractivity contribution in [1.82, 2.24) is 34.4 Å². The first-order valence-electron chi connectivity index (χ1n) is 16.4. The average molecular weight is 763 g/mol. The van der Waals surface area contributed by atoms with Crippen LogP contribution in [0.5, 0.6) is 0 Å². The summed E-state index contributed by atoms with van der Waals surface area (Å²) in [5.74, 6) is 0.251. The summed E-state index contributed by atoms with van der Waals surface area (Å²) >= 11 is 0.886. The van der Waals surface area contributed by atoms with Crippen molar-refractivity contribution >= 4 is 41.1 Å². The normalized spacial score (nSPS) is 25.7. The number of carbonyl (C=O) groups excluding carboxylic acids is 1. The Balaban J connectivity index is 1.14. The van der Waals surface area contributed by atoms with Gasteiger partial charge in [-0.1, -0.05) is 18.2 Å². The molecule has 21 heteroatoms. The molecule has 6 N–H and O–H groups in total. The summed E-state index contributed by atoms with van der Waals surface area (Å²) in [6.07, 6.45) is -2.03. The highest BCUT2D eigenvalue weighted by Crippen LogP contribution is 2.63. The van der Waals surface area contributed by atoms with E-state index in [1.54, 1.807) is 28.8 Å². The van der Waals surface area contributed by atoms with E-state index >= 15 is 0 Å². The molecule has 0 spiro atoms. The van der Waals surface area contributed by atoms with Crippen molar-refractivity contribution in [3.8, 4) is 0 Å². The number of H-pyrrole nitrogens is 1. The zero-order valence-corrected chi connectivity index (χ0v) is 29.6. The second kappa shape index (κ2) is 16.8. The number of nitrogens with two attached hydrogens (primary N) is 1. The molecule has 280 valence electrons. The fraction of sp³-hybridized carbons (Fsp3) is 0.484. The summed E-state index contributed by atoms with van der Waals surface area (Å²) in [6, 6.07) is 9.92. The quantitative estimate of drug-likeness (QED) is 0.0787. The fourth-order valence-corrected chi connectivity index (χ4v) is 9.49. The van der Waals surface area contributed by atoms with Crippen LogP contribution in [0.4, 0.5) is 5.82 Å². The highest BCUT2D eigenvalue weighted by Gasteiger charge is 2.50. The van der Waals surface area contributed by atoms with Gasteiger partial charge in [0.15, 0.2) is 17.7 Å². The molecule has 3 unspecified atom stereocenters. The minimum absolute atomic E-state index is 0.140. The number of anilines is 1. The van der Waals surface area contributed by atoms with Crippen LogP contribution in [0.25, 0.3) is 11.2 Å². The Morgan fingerprint density at radius 2 is 1.92 bits per heavy atom. The third-order valence-corrected chi connectivity index (χ3v) is 12.4. The van der Waals surface area contributed by atoms with Gasteiger partial charge in [-0.15, -0.1) is 0 Å². The predicted molar refractivity (Wildman–Crippen MR) is 186 cm³/mol. The number of aromatic nitrogens is 6. The first-order chi connectivity index (χ1) is 25.1. The third kappa shape index (κ3) is 8.46. The molecular weight excluding hydrogens is 723 g/mol. The van der Waals surface area contributed by atoms with E-state index in [0.29, 0.717) is 36.1 Å². The number of nitrogens with zero attached hydrogens (tertiary/aromatic N) is 5. The number of rotatable bonds is 16. The molecule has 52 heavy (non-hydrogen) atoms. The fourth-order valence-electron chi connectivity index (χ4n) is 5.91. The first-order valence-corrected chi connectivity index (χ1v) is 19.5. The topological polar surface area (TPSA) is 257 Å². The summed E-state index contributed by atoms with van der Waals surface area (Å²) in [4.78, 5) is 51.3. The van der Waals surface area contributed by atoms with Gasteiger partial charge in [0.2, 0.25) is 0 Å². The van der Waals surface area contributed by atoms with Crippen LogP contribution in [0.3, 0.4) is 0 Å². The number of amides is 1. The lowest BCUT2D eigenvalue weighted by molar-refractivity contribution is -0.0625. The van der Waals surface area contributed by atoms with Gasteiger partial charge in [-0.2, -0.15) is 0 Å². The van der Waals surface area contributed by atoms with Crippen molar-refractivity contribution in [1.29, 1.82) is 0 Å². The van der Waals surface area contributed by atoms with Crippen LogP contribution in [-0.4, -0.2) is 108 Å². The van der Waals surface area contributed by atoms with Gasteiger partial charge in [-0.05, 0) is 36.4 Å². The number of fused-ring (bicyclic) bond motifs is 1. The zero-order valence-electron chi connectivity index (χ0n) is 27.9. The SMILES string of the molecule is CO[C@H]1C(OP(=O)(OC[C@H]2O[C@@H](n3cnc4c(N)ncnc43)CC2O)SCCCCNC(=O)c2ccccc2)[C@@H](CO)O[C@H]1n1ccc(=O)[nH]c1=O. The predicted octanol–water partition coefficient (Wildman–Crippen LogP) is 0.965. The van der Waals surface area contributed by atoms with Gasteiger partial charge in [-0.3, -0.25) is 32.8 Å². The van der Waals surface area contributed by atoms with Crippen LogP contribution < -0.4 is 22.3 Å². The molecule has 2 saturated heterocycles. The molecule has 2 fully saturated rings. The molecule has 6 rings (SSSR count). The van der Waals surface area contributed by atoms with E-state index < -0.39 is 67.6 Å². The number of aliphatic hydroxyl groups excluding tert-OH is 2. The first kappa shape index (κ1) is 37.8. The summed E-state index contributed by atoms with van der Waals surface area (Å²) in [5.41, 5.74) is 5.83. The number of unbranched alkanes of at least 4 members (excludes halogenated alkanes) is 1. The van der Waals surface area contributed by atoms with E-state index in [-0.39, 0.29) is 30.5 Å². The highest BCUT2D eigenvalue weighted by atomic mass is 32.7. The van der Waals surface area contributed by atoms with Crippen LogP contribution >= 0.6 is 18.2 Å². The molecule has 19 nitrogen and oxygen atoms in total. The minimum atomic E-state index is -4.16. The number of nitrogens with one attached hydrogen (secondary N) is 2. The molecule has 0 saturated carbocycles. The monoisotopic (exact) mass is 762 g/mol. The maximum atomic E-state index is 14.5. The average Bonchev–Trinajstić information content (AvgIpc) is 3.84. The highest BCUT2D eigenvalue weighted by molar-refractivity contribution is 8.55. The number of imidazole rings is 1. The molecule has 3 aromatic heterocycles. The van der Waals surface area contributed by atoms with Gasteiger partial charge in [0.25, 0.3) is 11.5 Å². The standard InChI is InChI=1S/C31H39N8O11PS/c1-46-26-25(20(14-40)49-30(26)38-11-9-22(42)37-31(38)44)50-51(45,52-12-6-5-10-33-29(43)18-7-3-2-4-8-18)47-15-21-19(41)13-23(48-21)39-17-36-24-27(32)34-16-35-28(24)39/h2-4,7-9,11,16-17,19-21,23,25-26,30,40-41H,5-6,10,12-15H2,1H3,(H,33,43)(H2,32,34,35)(H,37,42,44)/t19?,20-,21-,23-,25?,26+,30-,51?/m1/s1. The zero-order chi connectivity index (χ0) is 36.8. The number of benzene rings is 1. The largest absolute Gasteiger partial charge is 0.394 e. The van der Waals surface area contributed by atoms with Crippen LogP contribution in [0.2, 0.25) is 0 Å². The van der Waals surface area contributed by atoms with Crippen LogP contribution in [0.15, 0.2) is 64.8 Å². The van der Waals surface area contributed by atoms with Gasteiger partial charge >= 0.3 is 12.5 Å². The summed E-state index contributed by atoms with van der Waals surface area (Å²) in [6.45, 7) is -4.74. The summed E-state index contributed by atoms with van der Waals surface area (Å²) < 4.78 is 46.9. The molecule has 2 aliphatic heterocycles. The molecule has 4 aromatic rings. The number of hydrogen-bond donors (Lipinski definition) is 5. The van der Waals surface area contributed by atoms with E-state index in [1.807, 2.05) is 6.07 Å². The van der Waals surface area contributed by atoms with Crippen molar-refractivity contribution in [2.75, 3.05) is 38.4 Å². The summed E-state index contributed by atoms with van der Waals surface area (Å²) in [5, 5.41) is 24.0. The smallest absolute Gasteiger partial charge is 0.389 e. The van der Waals surface area contributed by atoms with E-state index in [1.165, 1.54) is 26.0 Å². The second-order valence-corrected chi connectivity index (χ2v) is 16.1. The molecule has 8 atom stereocenters. The lowest BCUT2D eigenvalue weighted by atomic mass is 10.1. The Bertz CT molecular complexity index is 2000. The summed E-state index contributed by atoms with van der Waals surface area (Å²) in [7, 11) is 1.33. The Morgan fingerprint density at radius 1 is 1.12 bits per heavy atom.